The topological polar surface area (TPSA) is 85.5 Å². The van der Waals surface area contributed by atoms with Crippen LogP contribution in [0.3, 0.4) is 0 Å². The summed E-state index contributed by atoms with van der Waals surface area (Å²) in [6.07, 6.45) is 10.3. The molecule has 0 saturated carbocycles. The van der Waals surface area contributed by atoms with E-state index in [4.69, 9.17) is 15.4 Å². The number of nitrogens with zero attached hydrogens (tertiary/aromatic N) is 2. The van der Waals surface area contributed by atoms with Crippen molar-refractivity contribution < 1.29 is 0 Å². The first-order chi connectivity index (χ1) is 28.5. The number of hydrogen-bond donors (Lipinski definition) is 3. The molecule has 0 amide bonds. The maximum absolute atomic E-state index is 9.28. The Balaban J connectivity index is 1.18. The van der Waals surface area contributed by atoms with Gasteiger partial charge in [-0.15, -0.1) is 0 Å². The summed E-state index contributed by atoms with van der Waals surface area (Å²) in [4.78, 5) is 10.3. The molecule has 0 fully saturated rings. The van der Waals surface area contributed by atoms with Crippen LogP contribution >= 0.6 is 0 Å². The standard InChI is InChI=1S/C53H41N5/c1-56-42-27-24-35(25-28-42)39-26-29-46(44-22-11-12-23-45(44)47-31-30-43(51(54)52(47)55)36-14-5-2-6-15-36)48(33-39)40-20-13-21-41(32-40)53-57-49(37-16-7-3-8-17-37)34-50(58-53)38-18-9-4-10-19-38/h2-10,13-34,54-56H,11-12H2,1H3. The van der Waals surface area contributed by atoms with Crippen molar-refractivity contribution in [1.29, 1.82) is 10.8 Å². The summed E-state index contributed by atoms with van der Waals surface area (Å²) in [5.74, 6) is 0.653. The SMILES string of the molecule is CNc1ccc(-c2ccc(C3=CCCC=C3C3=CC=C(c4ccccc4)C(=N)C3=N)c(-c3cccc(-c4nc(-c5ccccc5)cc(-c5ccccc5)n4)c3)c2)cc1. The van der Waals surface area contributed by atoms with Crippen LogP contribution in [0, 0.1) is 10.8 Å². The van der Waals surface area contributed by atoms with Gasteiger partial charge in [0.25, 0.3) is 0 Å². The van der Waals surface area contributed by atoms with Gasteiger partial charge >= 0.3 is 0 Å². The van der Waals surface area contributed by atoms with E-state index in [1.807, 2.05) is 85.9 Å². The van der Waals surface area contributed by atoms with Gasteiger partial charge in [-0.25, -0.2) is 9.97 Å². The third-order valence-electron chi connectivity index (χ3n) is 10.8. The second-order valence-corrected chi connectivity index (χ2v) is 14.5. The first-order valence-electron chi connectivity index (χ1n) is 19.6. The molecule has 0 spiro atoms. The van der Waals surface area contributed by atoms with E-state index >= 15 is 0 Å². The molecule has 278 valence electrons. The molecule has 9 rings (SSSR count). The number of nitrogens with one attached hydrogen (secondary N) is 3. The van der Waals surface area contributed by atoms with E-state index in [9.17, 15) is 5.41 Å². The average Bonchev–Trinajstić information content (AvgIpc) is 3.30. The lowest BCUT2D eigenvalue weighted by molar-refractivity contribution is 1.03. The lowest BCUT2D eigenvalue weighted by Crippen LogP contribution is -2.21. The fourth-order valence-corrected chi connectivity index (χ4v) is 7.81. The molecule has 6 aromatic carbocycles. The lowest BCUT2D eigenvalue weighted by Gasteiger charge is -2.25. The Bertz CT molecular complexity index is 2750. The summed E-state index contributed by atoms with van der Waals surface area (Å²) in [6.45, 7) is 0. The predicted molar refractivity (Wildman–Crippen MR) is 242 cm³/mol. The summed E-state index contributed by atoms with van der Waals surface area (Å²) in [7, 11) is 1.93. The molecule has 1 heterocycles. The van der Waals surface area contributed by atoms with Crippen LogP contribution < -0.4 is 5.32 Å². The molecule has 3 N–H and O–H groups in total. The molecular weight excluding hydrogens is 707 g/mol. The van der Waals surface area contributed by atoms with E-state index < -0.39 is 0 Å². The molecule has 5 heteroatoms. The highest BCUT2D eigenvalue weighted by atomic mass is 14.9. The minimum atomic E-state index is 0.231. The van der Waals surface area contributed by atoms with Crippen molar-refractivity contribution in [3.05, 3.63) is 210 Å². The van der Waals surface area contributed by atoms with Crippen LogP contribution in [-0.2, 0) is 0 Å². The Kier molecular flexibility index (Phi) is 9.93. The van der Waals surface area contributed by atoms with Crippen molar-refractivity contribution in [1.82, 2.24) is 9.97 Å². The van der Waals surface area contributed by atoms with E-state index in [-0.39, 0.29) is 11.4 Å². The fourth-order valence-electron chi connectivity index (χ4n) is 7.81. The van der Waals surface area contributed by atoms with Gasteiger partial charge in [-0.1, -0.05) is 158 Å². The van der Waals surface area contributed by atoms with Crippen LogP contribution in [0.2, 0.25) is 0 Å². The molecule has 0 bridgehead atoms. The monoisotopic (exact) mass is 747 g/mol. The Morgan fingerprint density at radius 1 is 0.414 bits per heavy atom. The van der Waals surface area contributed by atoms with Gasteiger partial charge in [-0.2, -0.15) is 0 Å². The van der Waals surface area contributed by atoms with Crippen molar-refractivity contribution in [2.45, 2.75) is 12.8 Å². The van der Waals surface area contributed by atoms with Crippen LogP contribution in [-0.4, -0.2) is 28.4 Å². The van der Waals surface area contributed by atoms with Gasteiger partial charge < -0.3 is 5.32 Å². The molecule has 5 nitrogen and oxygen atoms in total. The molecule has 7 aromatic rings. The van der Waals surface area contributed by atoms with Crippen LogP contribution in [0.5, 0.6) is 0 Å². The van der Waals surface area contributed by atoms with Crippen LogP contribution in [0.1, 0.15) is 24.0 Å². The highest BCUT2D eigenvalue weighted by Crippen LogP contribution is 2.42. The summed E-state index contributed by atoms with van der Waals surface area (Å²) in [6, 6.07) is 56.2. The number of benzene rings is 6. The molecule has 0 saturated heterocycles. The molecular formula is C53H41N5. The number of aromatic nitrogens is 2. The molecule has 2 aliphatic rings. The Morgan fingerprint density at radius 3 is 1.59 bits per heavy atom. The average molecular weight is 748 g/mol. The molecule has 0 radical (unpaired) electrons. The van der Waals surface area contributed by atoms with Crippen molar-refractivity contribution in [3.63, 3.8) is 0 Å². The Morgan fingerprint density at radius 2 is 0.948 bits per heavy atom. The first-order valence-corrected chi connectivity index (χ1v) is 19.6. The maximum Gasteiger partial charge on any atom is 0.160 e. The maximum atomic E-state index is 9.28. The molecule has 0 unspecified atom stereocenters. The van der Waals surface area contributed by atoms with Crippen molar-refractivity contribution in [3.8, 4) is 56.2 Å². The van der Waals surface area contributed by atoms with Gasteiger partial charge in [0.1, 0.15) is 0 Å². The predicted octanol–water partition coefficient (Wildman–Crippen LogP) is 13.0. The minimum Gasteiger partial charge on any atom is -0.388 e. The zero-order valence-electron chi connectivity index (χ0n) is 32.2. The van der Waals surface area contributed by atoms with Crippen LogP contribution in [0.25, 0.3) is 67.3 Å². The number of hydrogen-bond acceptors (Lipinski definition) is 5. The highest BCUT2D eigenvalue weighted by Gasteiger charge is 2.27. The number of anilines is 1. The summed E-state index contributed by atoms with van der Waals surface area (Å²) in [5.41, 5.74) is 16.1. The van der Waals surface area contributed by atoms with E-state index in [0.717, 1.165) is 102 Å². The normalized spacial score (nSPS) is 13.9. The Labute approximate surface area is 339 Å². The van der Waals surface area contributed by atoms with E-state index in [0.29, 0.717) is 5.82 Å². The fraction of sp³-hybridized carbons (Fsp3) is 0.0566. The van der Waals surface area contributed by atoms with E-state index in [1.165, 1.54) is 0 Å². The van der Waals surface area contributed by atoms with Gasteiger partial charge in [0.15, 0.2) is 5.82 Å². The number of rotatable bonds is 9. The molecule has 58 heavy (non-hydrogen) atoms. The first kappa shape index (κ1) is 36.2. The van der Waals surface area contributed by atoms with E-state index in [2.05, 4.69) is 115 Å². The third kappa shape index (κ3) is 7.17. The van der Waals surface area contributed by atoms with Gasteiger partial charge in [0, 0.05) is 40.6 Å². The second kappa shape index (κ2) is 15.9. The molecule has 2 aliphatic carbocycles. The highest BCUT2D eigenvalue weighted by molar-refractivity contribution is 6.62. The zero-order chi connectivity index (χ0) is 39.4. The summed E-state index contributed by atoms with van der Waals surface area (Å²) >= 11 is 0. The third-order valence-corrected chi connectivity index (χ3v) is 10.8. The molecule has 1 aromatic heterocycles. The van der Waals surface area contributed by atoms with Gasteiger partial charge in [-0.05, 0) is 87.7 Å². The van der Waals surface area contributed by atoms with E-state index in [1.54, 1.807) is 0 Å². The van der Waals surface area contributed by atoms with Gasteiger partial charge in [0.2, 0.25) is 0 Å². The van der Waals surface area contributed by atoms with Crippen molar-refractivity contribution in [2.24, 2.45) is 0 Å². The van der Waals surface area contributed by atoms with Crippen LogP contribution in [0.15, 0.2) is 199 Å². The smallest absolute Gasteiger partial charge is 0.160 e. The Hall–Kier alpha value is -7.50. The number of allylic oxidation sites excluding steroid dienone is 8. The van der Waals surface area contributed by atoms with Crippen LogP contribution in [0.4, 0.5) is 5.69 Å². The molecule has 0 atom stereocenters. The zero-order valence-corrected chi connectivity index (χ0v) is 32.2. The van der Waals surface area contributed by atoms with Gasteiger partial charge in [-0.3, -0.25) is 10.8 Å². The van der Waals surface area contributed by atoms with Crippen molar-refractivity contribution in [2.75, 3.05) is 12.4 Å². The summed E-state index contributed by atoms with van der Waals surface area (Å²) < 4.78 is 0. The largest absolute Gasteiger partial charge is 0.388 e. The van der Waals surface area contributed by atoms with Crippen molar-refractivity contribution >= 4 is 28.3 Å². The van der Waals surface area contributed by atoms with Gasteiger partial charge in [0.05, 0.1) is 22.8 Å². The minimum absolute atomic E-state index is 0.231. The summed E-state index contributed by atoms with van der Waals surface area (Å²) in [5, 5.41) is 21.6. The quantitative estimate of drug-likeness (QED) is 0.129. The molecule has 0 aliphatic heterocycles. The second-order valence-electron chi connectivity index (χ2n) is 14.5. The lowest BCUT2D eigenvalue weighted by atomic mass is 9.78.